The molecule has 1 aromatic rings. The number of phenolic OH excluding ortho intramolecular Hbond substituents is 1. The number of aromatic hydroxyl groups is 1. The Balaban J connectivity index is 2.20. The van der Waals surface area contributed by atoms with Gasteiger partial charge < -0.3 is 26.2 Å². The van der Waals surface area contributed by atoms with E-state index in [2.05, 4.69) is 0 Å². The fraction of sp³-hybridized carbons (Fsp3) is 0.722. The first-order valence-electron chi connectivity index (χ1n) is 16.4. The van der Waals surface area contributed by atoms with Gasteiger partial charge in [0.05, 0.1) is 17.6 Å². The molecule has 0 aliphatic heterocycles. The molecule has 0 bridgehead atoms. The van der Waals surface area contributed by atoms with Gasteiger partial charge in [-0.1, -0.05) is 82.2 Å². The molecule has 0 spiro atoms. The Bertz CT molecular complexity index is 1440. The largest absolute Gasteiger partial charge is 0.507 e. The summed E-state index contributed by atoms with van der Waals surface area (Å²) in [7, 11) is 0. The smallest absolute Gasteiger partial charge is 0.230 e. The van der Waals surface area contributed by atoms with E-state index in [1.165, 1.54) is 0 Å². The molecule has 0 radical (unpaired) electrons. The summed E-state index contributed by atoms with van der Waals surface area (Å²) in [5.74, 6) is -9.38. The van der Waals surface area contributed by atoms with Gasteiger partial charge in [-0.15, -0.1) is 0 Å². The minimum Gasteiger partial charge on any atom is -0.507 e. The van der Waals surface area contributed by atoms with Gasteiger partial charge in [0.25, 0.3) is 0 Å². The van der Waals surface area contributed by atoms with Crippen LogP contribution in [0.25, 0.3) is 0 Å². The quantitative estimate of drug-likeness (QED) is 0.292. The highest BCUT2D eigenvalue weighted by molar-refractivity contribution is 6.09. The van der Waals surface area contributed by atoms with E-state index in [1.54, 1.807) is 27.7 Å². The zero-order valence-electron chi connectivity index (χ0n) is 28.7. The van der Waals surface area contributed by atoms with Crippen LogP contribution in [0.1, 0.15) is 128 Å². The molecule has 1 amide bonds. The van der Waals surface area contributed by atoms with Gasteiger partial charge in [-0.3, -0.25) is 19.2 Å². The van der Waals surface area contributed by atoms with Gasteiger partial charge in [0.15, 0.2) is 17.2 Å². The van der Waals surface area contributed by atoms with Crippen LogP contribution < -0.4 is 5.73 Å². The summed E-state index contributed by atoms with van der Waals surface area (Å²) in [5.41, 5.74) is 1.63. The Morgan fingerprint density at radius 3 is 2.07 bits per heavy atom. The number of carbonyl (C=O) groups is 4. The molecule has 0 aromatic heterocycles. The number of aliphatic hydroxyl groups is 3. The van der Waals surface area contributed by atoms with E-state index in [4.69, 9.17) is 5.73 Å². The Morgan fingerprint density at radius 1 is 1.07 bits per heavy atom. The number of benzene rings is 1. The van der Waals surface area contributed by atoms with Gasteiger partial charge in [-0.2, -0.15) is 0 Å². The summed E-state index contributed by atoms with van der Waals surface area (Å²) in [4.78, 5) is 55.4. The SMILES string of the molecule is CCC(=O)C[C@@H]1[C@@]2(C)[C@H](C)c3c(C(C)C)cc(C(C)(C)C)c(O)c3C(=O)[C@@H]2C(O)[C@@]2(O)C(=O)[C@H](C(N)=O)C(O)[C@H](C(C)C)[C@@]12C. The number of phenols is 1. The van der Waals surface area contributed by atoms with Gasteiger partial charge in [0.1, 0.15) is 23.6 Å². The second-order valence-corrected chi connectivity index (χ2v) is 16.1. The standard InChI is InChI=1S/C36H53NO8/c1-12-18(38)13-21-34(10)17(6)22-19(15(2)3)14-20(33(7,8)9)27(39)23(22)28(40)26(34)31(43)36(45)30(42)24(32(37)44)29(41)25(16(4)5)35(21,36)11/h14-17,21,24-26,29,31,39,41,43,45H,12-13H2,1-11H3,(H2,37,44)/t17-,21-,24-,25+,26-,29?,31?,34-,35-,36+/m1/s1. The third-order valence-electron chi connectivity index (χ3n) is 12.3. The molecule has 9 nitrogen and oxygen atoms in total. The number of aliphatic hydroxyl groups excluding tert-OH is 2. The van der Waals surface area contributed by atoms with Crippen molar-refractivity contribution in [2.45, 2.75) is 124 Å². The first-order chi connectivity index (χ1) is 20.5. The second kappa shape index (κ2) is 11.0. The van der Waals surface area contributed by atoms with Crippen molar-refractivity contribution >= 4 is 23.3 Å². The van der Waals surface area contributed by atoms with E-state index in [1.807, 2.05) is 54.5 Å². The molecule has 1 aromatic carbocycles. The predicted molar refractivity (Wildman–Crippen MR) is 170 cm³/mol. The van der Waals surface area contributed by atoms with Crippen LogP contribution in [0.4, 0.5) is 0 Å². The van der Waals surface area contributed by atoms with Crippen molar-refractivity contribution in [2.24, 2.45) is 46.2 Å². The summed E-state index contributed by atoms with van der Waals surface area (Å²) in [6.07, 6.45) is -3.58. The van der Waals surface area contributed by atoms with Crippen LogP contribution in [0, 0.1) is 40.4 Å². The van der Waals surface area contributed by atoms with Gasteiger partial charge in [-0.05, 0) is 51.5 Å². The zero-order chi connectivity index (χ0) is 34.5. The average molecular weight is 628 g/mol. The van der Waals surface area contributed by atoms with Crippen LogP contribution in [0.3, 0.4) is 0 Å². The maximum Gasteiger partial charge on any atom is 0.230 e. The third-order valence-corrected chi connectivity index (χ3v) is 12.3. The first-order valence-corrected chi connectivity index (χ1v) is 16.4. The molecule has 0 heterocycles. The highest BCUT2D eigenvalue weighted by atomic mass is 16.4. The number of ketones is 3. The Labute approximate surface area is 267 Å². The van der Waals surface area contributed by atoms with E-state index in [0.717, 1.165) is 5.56 Å². The van der Waals surface area contributed by atoms with Crippen molar-refractivity contribution in [2.75, 3.05) is 0 Å². The van der Waals surface area contributed by atoms with Crippen LogP contribution in [-0.2, 0) is 19.8 Å². The fourth-order valence-electron chi connectivity index (χ4n) is 10.0. The lowest BCUT2D eigenvalue weighted by Crippen LogP contribution is -2.82. The van der Waals surface area contributed by atoms with Gasteiger partial charge in [0.2, 0.25) is 5.91 Å². The summed E-state index contributed by atoms with van der Waals surface area (Å²) in [5, 5.41) is 48.6. The van der Waals surface area contributed by atoms with Gasteiger partial charge in [0, 0.05) is 23.8 Å². The Morgan fingerprint density at radius 2 is 1.62 bits per heavy atom. The van der Waals surface area contributed by atoms with Crippen molar-refractivity contribution in [3.05, 3.63) is 28.3 Å². The lowest BCUT2D eigenvalue weighted by atomic mass is 9.33. The molecule has 10 atom stereocenters. The van der Waals surface area contributed by atoms with Crippen molar-refractivity contribution < 1.29 is 39.6 Å². The summed E-state index contributed by atoms with van der Waals surface area (Å²) >= 11 is 0. The summed E-state index contributed by atoms with van der Waals surface area (Å²) < 4.78 is 0. The number of hydrogen-bond donors (Lipinski definition) is 5. The minimum absolute atomic E-state index is 0.0505. The molecule has 250 valence electrons. The molecule has 2 saturated carbocycles. The minimum atomic E-state index is -2.71. The molecule has 0 saturated heterocycles. The summed E-state index contributed by atoms with van der Waals surface area (Å²) in [6, 6.07) is 1.94. The number of fused-ring (bicyclic) bond motifs is 3. The number of primary amides is 1. The lowest BCUT2D eigenvalue weighted by Gasteiger charge is -2.71. The Hall–Kier alpha value is -2.62. The van der Waals surface area contributed by atoms with E-state index < -0.39 is 87.0 Å². The second-order valence-electron chi connectivity index (χ2n) is 16.1. The van der Waals surface area contributed by atoms with Crippen LogP contribution in [0.15, 0.2) is 6.07 Å². The molecule has 4 rings (SSSR count). The lowest BCUT2D eigenvalue weighted by molar-refractivity contribution is -0.292. The molecule has 3 aliphatic carbocycles. The Kier molecular flexibility index (Phi) is 8.60. The fourth-order valence-corrected chi connectivity index (χ4v) is 10.0. The zero-order valence-corrected chi connectivity index (χ0v) is 28.7. The number of nitrogens with two attached hydrogens (primary N) is 1. The molecular formula is C36H53NO8. The molecule has 2 fully saturated rings. The monoisotopic (exact) mass is 627 g/mol. The predicted octanol–water partition coefficient (Wildman–Crippen LogP) is 4.15. The normalized spacial score (nSPS) is 38.2. The van der Waals surface area contributed by atoms with Crippen molar-refractivity contribution in [3.8, 4) is 5.75 Å². The average Bonchev–Trinajstić information content (AvgIpc) is 2.90. The number of amides is 1. The van der Waals surface area contributed by atoms with Crippen LogP contribution in [0.5, 0.6) is 5.75 Å². The molecule has 6 N–H and O–H groups in total. The van der Waals surface area contributed by atoms with E-state index >= 15 is 0 Å². The molecule has 9 heteroatoms. The number of rotatable bonds is 6. The topological polar surface area (TPSA) is 175 Å². The number of hydrogen-bond acceptors (Lipinski definition) is 8. The number of Topliss-reactive ketones (excluding diaryl/α,β-unsaturated/α-hetero) is 3. The molecular weight excluding hydrogens is 574 g/mol. The van der Waals surface area contributed by atoms with Crippen molar-refractivity contribution in [1.29, 1.82) is 0 Å². The van der Waals surface area contributed by atoms with Crippen LogP contribution >= 0.6 is 0 Å². The van der Waals surface area contributed by atoms with Crippen LogP contribution in [0.2, 0.25) is 0 Å². The van der Waals surface area contributed by atoms with Crippen molar-refractivity contribution in [1.82, 2.24) is 0 Å². The summed E-state index contributed by atoms with van der Waals surface area (Å²) in [6.45, 7) is 20.5. The van der Waals surface area contributed by atoms with E-state index in [-0.39, 0.29) is 35.9 Å². The van der Waals surface area contributed by atoms with E-state index in [9.17, 15) is 39.6 Å². The van der Waals surface area contributed by atoms with E-state index in [0.29, 0.717) is 11.1 Å². The van der Waals surface area contributed by atoms with Gasteiger partial charge >= 0.3 is 0 Å². The van der Waals surface area contributed by atoms with Crippen molar-refractivity contribution in [3.63, 3.8) is 0 Å². The van der Waals surface area contributed by atoms with Gasteiger partial charge in [-0.25, -0.2) is 0 Å². The highest BCUT2D eigenvalue weighted by Crippen LogP contribution is 2.72. The highest BCUT2D eigenvalue weighted by Gasteiger charge is 2.80. The maximum absolute atomic E-state index is 14.9. The molecule has 45 heavy (non-hydrogen) atoms. The first kappa shape index (κ1) is 35.2. The molecule has 2 unspecified atom stereocenters. The maximum atomic E-state index is 14.9. The molecule has 3 aliphatic rings. The number of carbonyl (C=O) groups excluding carboxylic acids is 4. The van der Waals surface area contributed by atoms with Crippen LogP contribution in [-0.4, -0.2) is 61.5 Å². The third kappa shape index (κ3) is 4.43.